The smallest absolute Gasteiger partial charge is 0.221 e. The molecule has 2 N–H and O–H groups in total. The molecule has 2 fully saturated rings. The van der Waals surface area contributed by atoms with Crippen LogP contribution in [-0.2, 0) is 26.7 Å². The largest absolute Gasteiger partial charge is 0.381 e. The van der Waals surface area contributed by atoms with Crippen LogP contribution >= 0.6 is 0 Å². The number of nitrogens with zero attached hydrogens (tertiary/aromatic N) is 1. The molecule has 2 aliphatic heterocycles. The van der Waals surface area contributed by atoms with E-state index < -0.39 is 15.3 Å². The van der Waals surface area contributed by atoms with Gasteiger partial charge in [-0.15, -0.1) is 0 Å². The van der Waals surface area contributed by atoms with Crippen LogP contribution in [-0.4, -0.2) is 38.5 Å². The zero-order valence-corrected chi connectivity index (χ0v) is 18.8. The summed E-state index contributed by atoms with van der Waals surface area (Å²) in [6, 6.07) is 14.3. The van der Waals surface area contributed by atoms with Crippen molar-refractivity contribution in [2.75, 3.05) is 19.8 Å². The first-order valence-electron chi connectivity index (χ1n) is 11.0. The second kappa shape index (κ2) is 8.98. The third kappa shape index (κ3) is 4.29. The quantitative estimate of drug-likeness (QED) is 0.756. The molecule has 31 heavy (non-hydrogen) atoms. The summed E-state index contributed by atoms with van der Waals surface area (Å²) in [4.78, 5) is 0. The standard InChI is InChI=1S/C24H31FN2O3S/c1-18-7-10-23(19-5-3-2-4-6-19)31(28,29)27(18)16-20-8-9-21(15-22(20)25)24(17-26)11-13-30-14-12-24/h2-6,8-9,15,18,23H,7,10-14,16-17,26H2,1H3/t18-,23+/m0/s1. The Labute approximate surface area is 184 Å². The minimum absolute atomic E-state index is 0.0394. The average Bonchev–Trinajstić information content (AvgIpc) is 2.78. The molecule has 2 aromatic rings. The van der Waals surface area contributed by atoms with Crippen LogP contribution in [0, 0.1) is 5.82 Å². The van der Waals surface area contributed by atoms with E-state index in [2.05, 4.69) is 0 Å². The van der Waals surface area contributed by atoms with E-state index in [9.17, 15) is 8.42 Å². The van der Waals surface area contributed by atoms with Crippen molar-refractivity contribution in [2.45, 2.75) is 55.9 Å². The van der Waals surface area contributed by atoms with Crippen molar-refractivity contribution in [1.29, 1.82) is 0 Å². The van der Waals surface area contributed by atoms with Crippen LogP contribution in [0.2, 0.25) is 0 Å². The first-order valence-corrected chi connectivity index (χ1v) is 12.5. The molecule has 0 saturated carbocycles. The highest BCUT2D eigenvalue weighted by Crippen LogP contribution is 2.39. The van der Waals surface area contributed by atoms with Gasteiger partial charge in [0.1, 0.15) is 11.1 Å². The van der Waals surface area contributed by atoms with Gasteiger partial charge in [-0.05, 0) is 49.8 Å². The second-order valence-electron chi connectivity index (χ2n) is 8.82. The lowest BCUT2D eigenvalue weighted by atomic mass is 9.74. The number of sulfonamides is 1. The number of halogens is 1. The summed E-state index contributed by atoms with van der Waals surface area (Å²) in [7, 11) is -3.60. The molecule has 0 aromatic heterocycles. The molecule has 2 heterocycles. The Morgan fingerprint density at radius 2 is 1.84 bits per heavy atom. The highest BCUT2D eigenvalue weighted by Gasteiger charge is 2.41. The summed E-state index contributed by atoms with van der Waals surface area (Å²) >= 11 is 0. The maximum Gasteiger partial charge on any atom is 0.221 e. The van der Waals surface area contributed by atoms with Gasteiger partial charge in [0.05, 0.1) is 0 Å². The minimum atomic E-state index is -3.60. The van der Waals surface area contributed by atoms with Crippen LogP contribution in [0.1, 0.15) is 54.5 Å². The third-order valence-electron chi connectivity index (χ3n) is 7.03. The monoisotopic (exact) mass is 446 g/mol. The molecule has 0 radical (unpaired) electrons. The van der Waals surface area contributed by atoms with E-state index in [1.54, 1.807) is 12.1 Å². The van der Waals surface area contributed by atoms with Crippen molar-refractivity contribution >= 4 is 10.0 Å². The molecule has 5 nitrogen and oxygen atoms in total. The molecule has 0 bridgehead atoms. The van der Waals surface area contributed by atoms with Crippen molar-refractivity contribution in [3.63, 3.8) is 0 Å². The fourth-order valence-electron chi connectivity index (χ4n) is 4.90. The van der Waals surface area contributed by atoms with E-state index in [4.69, 9.17) is 10.5 Å². The predicted octanol–water partition coefficient (Wildman–Crippen LogP) is 3.89. The summed E-state index contributed by atoms with van der Waals surface area (Å²) in [5, 5.41) is -0.588. The Balaban J connectivity index is 1.60. The van der Waals surface area contributed by atoms with Crippen molar-refractivity contribution in [1.82, 2.24) is 4.31 Å². The van der Waals surface area contributed by atoms with Gasteiger partial charge in [0, 0.05) is 43.3 Å². The molecule has 168 valence electrons. The van der Waals surface area contributed by atoms with Gasteiger partial charge in [0.2, 0.25) is 10.0 Å². The lowest BCUT2D eigenvalue weighted by Gasteiger charge is -2.38. The molecule has 2 saturated heterocycles. The molecule has 2 aromatic carbocycles. The molecular weight excluding hydrogens is 415 g/mol. The number of rotatable bonds is 5. The van der Waals surface area contributed by atoms with Crippen molar-refractivity contribution in [3.8, 4) is 0 Å². The number of nitrogens with two attached hydrogens (primary N) is 1. The highest BCUT2D eigenvalue weighted by atomic mass is 32.2. The lowest BCUT2D eigenvalue weighted by molar-refractivity contribution is 0.0528. The SMILES string of the molecule is C[C@H]1CC[C@H](c2ccccc2)S(=O)(=O)N1Cc1ccc(C2(CN)CCOCC2)cc1F. The van der Waals surface area contributed by atoms with E-state index in [0.717, 1.165) is 30.4 Å². The van der Waals surface area contributed by atoms with E-state index in [0.29, 0.717) is 31.7 Å². The average molecular weight is 447 g/mol. The van der Waals surface area contributed by atoms with Gasteiger partial charge in [-0.3, -0.25) is 0 Å². The molecule has 0 unspecified atom stereocenters. The summed E-state index contributed by atoms with van der Waals surface area (Å²) in [6.45, 7) is 3.61. The fraction of sp³-hybridized carbons (Fsp3) is 0.500. The summed E-state index contributed by atoms with van der Waals surface area (Å²) in [6.07, 6.45) is 2.85. The molecule has 0 aliphatic carbocycles. The van der Waals surface area contributed by atoms with E-state index in [1.807, 2.05) is 43.3 Å². The number of ether oxygens (including phenoxy) is 1. The molecule has 0 spiro atoms. The maximum absolute atomic E-state index is 15.2. The van der Waals surface area contributed by atoms with Gasteiger partial charge in [-0.1, -0.05) is 42.5 Å². The Kier molecular flexibility index (Phi) is 6.49. The second-order valence-corrected chi connectivity index (χ2v) is 10.9. The van der Waals surface area contributed by atoms with Gasteiger partial charge >= 0.3 is 0 Å². The number of hydrogen-bond donors (Lipinski definition) is 1. The minimum Gasteiger partial charge on any atom is -0.381 e. The van der Waals surface area contributed by atoms with Crippen LogP contribution in [0.25, 0.3) is 0 Å². The van der Waals surface area contributed by atoms with Crippen LogP contribution in [0.3, 0.4) is 0 Å². The zero-order chi connectivity index (χ0) is 22.1. The van der Waals surface area contributed by atoms with E-state index in [1.165, 1.54) is 4.31 Å². The van der Waals surface area contributed by atoms with E-state index >= 15 is 4.39 Å². The number of hydrogen-bond acceptors (Lipinski definition) is 4. The van der Waals surface area contributed by atoms with Crippen LogP contribution in [0.15, 0.2) is 48.5 Å². The summed E-state index contributed by atoms with van der Waals surface area (Å²) < 4.78 is 49.0. The molecule has 0 amide bonds. The fourth-order valence-corrected chi connectivity index (χ4v) is 7.09. The Morgan fingerprint density at radius 1 is 1.13 bits per heavy atom. The molecule has 4 rings (SSSR count). The molecule has 2 atom stereocenters. The Bertz CT molecular complexity index is 1010. The Morgan fingerprint density at radius 3 is 2.48 bits per heavy atom. The first-order chi connectivity index (χ1) is 14.9. The lowest BCUT2D eigenvalue weighted by Crippen LogP contribution is -2.45. The van der Waals surface area contributed by atoms with Crippen LogP contribution in [0.4, 0.5) is 4.39 Å². The van der Waals surface area contributed by atoms with Gasteiger partial charge in [-0.25, -0.2) is 12.8 Å². The first kappa shape index (κ1) is 22.4. The summed E-state index contributed by atoms with van der Waals surface area (Å²) in [5.74, 6) is -0.374. The van der Waals surface area contributed by atoms with Crippen LogP contribution in [0.5, 0.6) is 0 Å². The predicted molar refractivity (Wildman–Crippen MR) is 120 cm³/mol. The molecule has 7 heteroatoms. The number of benzene rings is 2. The Hall–Kier alpha value is -1.80. The summed E-state index contributed by atoms with van der Waals surface area (Å²) in [5.41, 5.74) is 7.85. The van der Waals surface area contributed by atoms with Crippen molar-refractivity contribution in [3.05, 3.63) is 71.0 Å². The molecular formula is C24H31FN2O3S. The van der Waals surface area contributed by atoms with Crippen molar-refractivity contribution < 1.29 is 17.5 Å². The normalized spacial score (nSPS) is 25.9. The zero-order valence-electron chi connectivity index (χ0n) is 18.0. The maximum atomic E-state index is 15.2. The third-order valence-corrected chi connectivity index (χ3v) is 9.40. The van der Waals surface area contributed by atoms with Gasteiger partial charge < -0.3 is 10.5 Å². The molecule has 2 aliphatic rings. The van der Waals surface area contributed by atoms with Crippen molar-refractivity contribution in [2.24, 2.45) is 5.73 Å². The van der Waals surface area contributed by atoms with Gasteiger partial charge in [0.15, 0.2) is 0 Å². The van der Waals surface area contributed by atoms with E-state index in [-0.39, 0.29) is 23.8 Å². The topological polar surface area (TPSA) is 72.6 Å². The van der Waals surface area contributed by atoms with Gasteiger partial charge in [-0.2, -0.15) is 4.31 Å². The highest BCUT2D eigenvalue weighted by molar-refractivity contribution is 7.89. The van der Waals surface area contributed by atoms with Crippen LogP contribution < -0.4 is 5.73 Å². The van der Waals surface area contributed by atoms with Gasteiger partial charge in [0.25, 0.3) is 0 Å².